The summed E-state index contributed by atoms with van der Waals surface area (Å²) < 4.78 is 2.31. The molecule has 0 radical (unpaired) electrons. The topological polar surface area (TPSA) is 17.8 Å². The van der Waals surface area contributed by atoms with Crippen molar-refractivity contribution >= 4 is 22.2 Å². The number of hydrogen-bond donors (Lipinski definition) is 0. The number of rotatable bonds is 3. The lowest BCUT2D eigenvalue weighted by molar-refractivity contribution is 0.726. The number of fused-ring (bicyclic) bond motifs is 1. The fourth-order valence-electron chi connectivity index (χ4n) is 2.12. The molecule has 2 heterocycles. The SMILES string of the molecule is Cc1ncsc1CCn1ccc2ccccc21. The Balaban J connectivity index is 1.84. The first-order valence-corrected chi connectivity index (χ1v) is 6.65. The first-order chi connectivity index (χ1) is 8.34. The first kappa shape index (κ1) is 10.5. The Hall–Kier alpha value is -1.61. The zero-order valence-corrected chi connectivity index (χ0v) is 10.6. The average molecular weight is 242 g/mol. The number of aromatic nitrogens is 2. The van der Waals surface area contributed by atoms with Crippen LogP contribution >= 0.6 is 11.3 Å². The van der Waals surface area contributed by atoms with E-state index in [1.165, 1.54) is 21.5 Å². The van der Waals surface area contributed by atoms with Gasteiger partial charge in [0.1, 0.15) is 0 Å². The van der Waals surface area contributed by atoms with Gasteiger partial charge in [0.15, 0.2) is 0 Å². The Morgan fingerprint density at radius 1 is 1.24 bits per heavy atom. The highest BCUT2D eigenvalue weighted by Crippen LogP contribution is 2.18. The van der Waals surface area contributed by atoms with E-state index >= 15 is 0 Å². The Labute approximate surface area is 105 Å². The third-order valence-electron chi connectivity index (χ3n) is 3.10. The molecular formula is C14H14N2S. The molecule has 0 saturated carbocycles. The summed E-state index contributed by atoms with van der Waals surface area (Å²) in [5.74, 6) is 0. The monoisotopic (exact) mass is 242 g/mol. The van der Waals surface area contributed by atoms with Crippen molar-refractivity contribution in [3.05, 3.63) is 52.6 Å². The molecule has 0 spiro atoms. The fraction of sp³-hybridized carbons (Fsp3) is 0.214. The molecule has 0 fully saturated rings. The van der Waals surface area contributed by atoms with Crippen molar-refractivity contribution in [1.82, 2.24) is 9.55 Å². The summed E-state index contributed by atoms with van der Waals surface area (Å²) in [6.07, 6.45) is 3.23. The van der Waals surface area contributed by atoms with E-state index in [4.69, 9.17) is 0 Å². The van der Waals surface area contributed by atoms with Gasteiger partial charge < -0.3 is 4.57 Å². The van der Waals surface area contributed by atoms with Crippen LogP contribution in [0.25, 0.3) is 10.9 Å². The fourth-order valence-corrected chi connectivity index (χ4v) is 2.89. The average Bonchev–Trinajstić information content (AvgIpc) is 2.93. The normalized spacial score (nSPS) is 11.1. The molecule has 1 aromatic carbocycles. The van der Waals surface area contributed by atoms with Crippen LogP contribution in [0.4, 0.5) is 0 Å². The lowest BCUT2D eigenvalue weighted by Gasteiger charge is -2.04. The van der Waals surface area contributed by atoms with Crippen LogP contribution in [-0.2, 0) is 13.0 Å². The first-order valence-electron chi connectivity index (χ1n) is 5.77. The van der Waals surface area contributed by atoms with Crippen LogP contribution < -0.4 is 0 Å². The van der Waals surface area contributed by atoms with Gasteiger partial charge >= 0.3 is 0 Å². The standard InChI is InChI=1S/C14H14N2S/c1-11-14(17-10-15-11)7-9-16-8-6-12-4-2-3-5-13(12)16/h2-6,8,10H,7,9H2,1H3. The van der Waals surface area contributed by atoms with Crippen molar-refractivity contribution in [3.8, 4) is 0 Å². The van der Waals surface area contributed by atoms with Gasteiger partial charge in [0, 0.05) is 29.6 Å². The molecule has 0 bridgehead atoms. The summed E-state index contributed by atoms with van der Waals surface area (Å²) in [6.45, 7) is 3.11. The summed E-state index contributed by atoms with van der Waals surface area (Å²) >= 11 is 1.75. The second-order valence-corrected chi connectivity index (χ2v) is 5.12. The Bertz CT molecular complexity index is 636. The van der Waals surface area contributed by atoms with Gasteiger partial charge in [-0.05, 0) is 24.4 Å². The van der Waals surface area contributed by atoms with Crippen LogP contribution in [0.2, 0.25) is 0 Å². The maximum absolute atomic E-state index is 4.29. The van der Waals surface area contributed by atoms with Gasteiger partial charge in [-0.2, -0.15) is 0 Å². The molecule has 0 aliphatic heterocycles. The number of thiazole rings is 1. The lowest BCUT2D eigenvalue weighted by Crippen LogP contribution is -1.99. The molecular weight excluding hydrogens is 228 g/mol. The predicted octanol–water partition coefficient (Wildman–Crippen LogP) is 3.65. The van der Waals surface area contributed by atoms with Crippen LogP contribution in [0.5, 0.6) is 0 Å². The minimum atomic E-state index is 1.02. The molecule has 0 aliphatic rings. The van der Waals surface area contributed by atoms with Gasteiger partial charge in [0.05, 0.1) is 11.2 Å². The van der Waals surface area contributed by atoms with Crippen LogP contribution in [0.3, 0.4) is 0 Å². The molecule has 0 amide bonds. The second-order valence-electron chi connectivity index (χ2n) is 4.18. The molecule has 17 heavy (non-hydrogen) atoms. The summed E-state index contributed by atoms with van der Waals surface area (Å²) in [5, 5.41) is 1.31. The van der Waals surface area contributed by atoms with Crippen molar-refractivity contribution in [2.75, 3.05) is 0 Å². The van der Waals surface area contributed by atoms with Gasteiger partial charge in [-0.15, -0.1) is 11.3 Å². The molecule has 0 atom stereocenters. The highest BCUT2D eigenvalue weighted by molar-refractivity contribution is 7.09. The second kappa shape index (κ2) is 4.34. The van der Waals surface area contributed by atoms with Crippen molar-refractivity contribution in [2.24, 2.45) is 0 Å². The molecule has 3 heteroatoms. The van der Waals surface area contributed by atoms with E-state index in [0.29, 0.717) is 0 Å². The molecule has 2 nitrogen and oxygen atoms in total. The van der Waals surface area contributed by atoms with Gasteiger partial charge in [0.2, 0.25) is 0 Å². The number of hydrogen-bond acceptors (Lipinski definition) is 2. The number of aryl methyl sites for hydroxylation is 3. The molecule has 0 aliphatic carbocycles. The predicted molar refractivity (Wildman–Crippen MR) is 72.5 cm³/mol. The van der Waals surface area contributed by atoms with E-state index in [-0.39, 0.29) is 0 Å². The van der Waals surface area contributed by atoms with Crippen LogP contribution in [0, 0.1) is 6.92 Å². The number of benzene rings is 1. The molecule has 0 N–H and O–H groups in total. The van der Waals surface area contributed by atoms with Gasteiger partial charge in [-0.3, -0.25) is 0 Å². The van der Waals surface area contributed by atoms with Gasteiger partial charge in [-0.25, -0.2) is 4.98 Å². The largest absolute Gasteiger partial charge is 0.347 e. The number of para-hydroxylation sites is 1. The lowest BCUT2D eigenvalue weighted by atomic mass is 10.2. The minimum Gasteiger partial charge on any atom is -0.347 e. The molecule has 3 aromatic rings. The molecule has 0 unspecified atom stereocenters. The zero-order valence-electron chi connectivity index (χ0n) is 9.76. The van der Waals surface area contributed by atoms with E-state index in [2.05, 4.69) is 53.0 Å². The van der Waals surface area contributed by atoms with Crippen molar-refractivity contribution in [1.29, 1.82) is 0 Å². The summed E-state index contributed by atoms with van der Waals surface area (Å²) in [4.78, 5) is 5.68. The van der Waals surface area contributed by atoms with E-state index in [1.807, 2.05) is 5.51 Å². The van der Waals surface area contributed by atoms with E-state index < -0.39 is 0 Å². The van der Waals surface area contributed by atoms with Crippen molar-refractivity contribution in [3.63, 3.8) is 0 Å². The third kappa shape index (κ3) is 1.98. The molecule has 86 valence electrons. The summed E-state index contributed by atoms with van der Waals surface area (Å²) in [5.41, 5.74) is 4.42. The smallest absolute Gasteiger partial charge is 0.0797 e. The van der Waals surface area contributed by atoms with Crippen molar-refractivity contribution in [2.45, 2.75) is 19.9 Å². The molecule has 3 rings (SSSR count). The number of nitrogens with zero attached hydrogens (tertiary/aromatic N) is 2. The zero-order chi connectivity index (χ0) is 11.7. The third-order valence-corrected chi connectivity index (χ3v) is 4.10. The van der Waals surface area contributed by atoms with Crippen LogP contribution in [0.1, 0.15) is 10.6 Å². The summed E-state index contributed by atoms with van der Waals surface area (Å²) in [6, 6.07) is 10.7. The maximum atomic E-state index is 4.29. The van der Waals surface area contributed by atoms with Crippen LogP contribution in [0.15, 0.2) is 42.0 Å². The van der Waals surface area contributed by atoms with Crippen LogP contribution in [-0.4, -0.2) is 9.55 Å². The van der Waals surface area contributed by atoms with E-state index in [0.717, 1.165) is 13.0 Å². The summed E-state index contributed by atoms with van der Waals surface area (Å²) in [7, 11) is 0. The quantitative estimate of drug-likeness (QED) is 0.685. The highest BCUT2D eigenvalue weighted by Gasteiger charge is 2.03. The van der Waals surface area contributed by atoms with Gasteiger partial charge in [0.25, 0.3) is 0 Å². The highest BCUT2D eigenvalue weighted by atomic mass is 32.1. The van der Waals surface area contributed by atoms with E-state index in [9.17, 15) is 0 Å². The molecule has 0 saturated heterocycles. The molecule has 2 aromatic heterocycles. The van der Waals surface area contributed by atoms with Gasteiger partial charge in [-0.1, -0.05) is 18.2 Å². The Kier molecular flexibility index (Phi) is 2.69. The Morgan fingerprint density at radius 2 is 2.12 bits per heavy atom. The van der Waals surface area contributed by atoms with Crippen molar-refractivity contribution < 1.29 is 0 Å². The minimum absolute atomic E-state index is 1.02. The van der Waals surface area contributed by atoms with E-state index in [1.54, 1.807) is 11.3 Å². The Morgan fingerprint density at radius 3 is 2.94 bits per heavy atom. The maximum Gasteiger partial charge on any atom is 0.0797 e.